The van der Waals surface area contributed by atoms with Gasteiger partial charge in [0, 0.05) is 11.6 Å². The van der Waals surface area contributed by atoms with Gasteiger partial charge in [-0.2, -0.15) is 0 Å². The molecule has 0 radical (unpaired) electrons. The highest BCUT2D eigenvalue weighted by molar-refractivity contribution is 5.80. The fourth-order valence-corrected chi connectivity index (χ4v) is 2.30. The van der Waals surface area contributed by atoms with Crippen LogP contribution in [0.5, 0.6) is 5.95 Å². The first-order valence-corrected chi connectivity index (χ1v) is 7.70. The van der Waals surface area contributed by atoms with Gasteiger partial charge in [0.15, 0.2) is 5.76 Å². The number of nitrogens with zero attached hydrogens (tertiary/aromatic N) is 1. The SMILES string of the molecule is CCCCCCCc1cc(O)oc1C=Nc1ccccc1. The van der Waals surface area contributed by atoms with E-state index in [1.54, 1.807) is 12.3 Å². The Morgan fingerprint density at radius 3 is 2.62 bits per heavy atom. The molecule has 0 bridgehead atoms. The van der Waals surface area contributed by atoms with Crippen molar-refractivity contribution in [3.63, 3.8) is 0 Å². The summed E-state index contributed by atoms with van der Waals surface area (Å²) in [5.41, 5.74) is 1.91. The summed E-state index contributed by atoms with van der Waals surface area (Å²) in [6.45, 7) is 2.21. The van der Waals surface area contributed by atoms with Crippen LogP contribution in [0.2, 0.25) is 0 Å². The van der Waals surface area contributed by atoms with Gasteiger partial charge in [-0.25, -0.2) is 0 Å². The van der Waals surface area contributed by atoms with E-state index in [0.717, 1.165) is 24.1 Å². The van der Waals surface area contributed by atoms with Crippen molar-refractivity contribution in [1.29, 1.82) is 0 Å². The molecule has 0 fully saturated rings. The van der Waals surface area contributed by atoms with Crippen LogP contribution in [-0.4, -0.2) is 11.3 Å². The summed E-state index contributed by atoms with van der Waals surface area (Å²) < 4.78 is 5.32. The Morgan fingerprint density at radius 2 is 1.86 bits per heavy atom. The van der Waals surface area contributed by atoms with Gasteiger partial charge in [0.05, 0.1) is 11.9 Å². The molecule has 3 nitrogen and oxygen atoms in total. The molecule has 1 aromatic heterocycles. The molecule has 0 unspecified atom stereocenters. The third-order valence-corrected chi connectivity index (χ3v) is 3.47. The maximum Gasteiger partial charge on any atom is 0.282 e. The van der Waals surface area contributed by atoms with Crippen molar-refractivity contribution in [2.75, 3.05) is 0 Å². The Morgan fingerprint density at radius 1 is 1.10 bits per heavy atom. The largest absolute Gasteiger partial charge is 0.481 e. The van der Waals surface area contributed by atoms with Crippen LogP contribution in [0.1, 0.15) is 50.4 Å². The molecule has 1 aromatic carbocycles. The number of aromatic hydroxyl groups is 1. The zero-order chi connectivity index (χ0) is 14.9. The van der Waals surface area contributed by atoms with E-state index in [-0.39, 0.29) is 5.95 Å². The van der Waals surface area contributed by atoms with Gasteiger partial charge in [0.25, 0.3) is 5.95 Å². The Labute approximate surface area is 126 Å². The summed E-state index contributed by atoms with van der Waals surface area (Å²) in [4.78, 5) is 4.38. The predicted molar refractivity (Wildman–Crippen MR) is 86.5 cm³/mol. The number of rotatable bonds is 8. The zero-order valence-electron chi connectivity index (χ0n) is 12.6. The van der Waals surface area contributed by atoms with Gasteiger partial charge in [0.1, 0.15) is 0 Å². The molecule has 0 aliphatic rings. The summed E-state index contributed by atoms with van der Waals surface area (Å²) in [6.07, 6.45) is 8.76. The summed E-state index contributed by atoms with van der Waals surface area (Å²) in [5.74, 6) is 0.625. The molecule has 1 N–H and O–H groups in total. The summed E-state index contributed by atoms with van der Waals surface area (Å²) in [6, 6.07) is 11.4. The Hall–Kier alpha value is -2.03. The van der Waals surface area contributed by atoms with Crippen LogP contribution in [-0.2, 0) is 6.42 Å². The van der Waals surface area contributed by atoms with E-state index in [1.807, 2.05) is 30.3 Å². The summed E-state index contributed by atoms with van der Waals surface area (Å²) in [7, 11) is 0. The molecule has 0 atom stereocenters. The van der Waals surface area contributed by atoms with Crippen LogP contribution >= 0.6 is 0 Å². The van der Waals surface area contributed by atoms with Crippen molar-refractivity contribution in [3.8, 4) is 5.95 Å². The molecule has 0 amide bonds. The Bertz CT molecular complexity index is 558. The average molecular weight is 285 g/mol. The molecular weight excluding hydrogens is 262 g/mol. The molecule has 0 saturated carbocycles. The number of furan rings is 1. The minimum atomic E-state index is -0.0342. The zero-order valence-corrected chi connectivity index (χ0v) is 12.6. The van der Waals surface area contributed by atoms with Gasteiger partial charge < -0.3 is 9.52 Å². The molecule has 1 heterocycles. The normalized spacial score (nSPS) is 11.3. The molecular formula is C18H23NO2. The minimum absolute atomic E-state index is 0.0342. The second kappa shape index (κ2) is 8.30. The third-order valence-electron chi connectivity index (χ3n) is 3.47. The van der Waals surface area contributed by atoms with Crippen LogP contribution in [0, 0.1) is 0 Å². The molecule has 2 rings (SSSR count). The van der Waals surface area contributed by atoms with E-state index < -0.39 is 0 Å². The number of hydrogen-bond donors (Lipinski definition) is 1. The van der Waals surface area contributed by atoms with Crippen LogP contribution in [0.15, 0.2) is 45.8 Å². The van der Waals surface area contributed by atoms with E-state index in [1.165, 1.54) is 25.7 Å². The van der Waals surface area contributed by atoms with Crippen molar-refractivity contribution in [1.82, 2.24) is 0 Å². The monoisotopic (exact) mass is 285 g/mol. The maximum atomic E-state index is 9.54. The van der Waals surface area contributed by atoms with Crippen LogP contribution in [0.3, 0.4) is 0 Å². The molecule has 0 aliphatic heterocycles. The third kappa shape index (κ3) is 5.10. The Kier molecular flexibility index (Phi) is 6.07. The number of para-hydroxylation sites is 1. The van der Waals surface area contributed by atoms with Crippen LogP contribution < -0.4 is 0 Å². The van der Waals surface area contributed by atoms with Gasteiger partial charge in [-0.1, -0.05) is 50.8 Å². The van der Waals surface area contributed by atoms with Gasteiger partial charge >= 0.3 is 0 Å². The number of aryl methyl sites for hydroxylation is 1. The van der Waals surface area contributed by atoms with E-state index in [4.69, 9.17) is 4.42 Å². The number of hydrogen-bond acceptors (Lipinski definition) is 3. The number of unbranched alkanes of at least 4 members (excludes halogenated alkanes) is 4. The van der Waals surface area contributed by atoms with Gasteiger partial charge in [-0.05, 0) is 25.0 Å². The van der Waals surface area contributed by atoms with E-state index >= 15 is 0 Å². The first-order valence-electron chi connectivity index (χ1n) is 7.70. The van der Waals surface area contributed by atoms with Crippen LogP contribution in [0.4, 0.5) is 5.69 Å². The molecule has 21 heavy (non-hydrogen) atoms. The highest BCUT2D eigenvalue weighted by atomic mass is 16.5. The van der Waals surface area contributed by atoms with Crippen molar-refractivity contribution in [2.45, 2.75) is 45.4 Å². The summed E-state index contributed by atoms with van der Waals surface area (Å²) >= 11 is 0. The van der Waals surface area contributed by atoms with Gasteiger partial charge in [-0.3, -0.25) is 4.99 Å². The first-order chi connectivity index (χ1) is 10.3. The Balaban J connectivity index is 1.95. The quantitative estimate of drug-likeness (QED) is 0.532. The standard InChI is InChI=1S/C18H23NO2/c1-2-3-4-5-7-10-15-13-18(20)21-17(15)14-19-16-11-8-6-9-12-16/h6,8-9,11-14,20H,2-5,7,10H2,1H3. The number of aliphatic imine (C=N–C) groups is 1. The van der Waals surface area contributed by atoms with E-state index in [0.29, 0.717) is 5.76 Å². The van der Waals surface area contributed by atoms with Crippen molar-refractivity contribution >= 4 is 11.9 Å². The molecule has 0 aliphatic carbocycles. The molecule has 0 spiro atoms. The summed E-state index contributed by atoms with van der Waals surface area (Å²) in [5, 5.41) is 9.54. The smallest absolute Gasteiger partial charge is 0.282 e. The van der Waals surface area contributed by atoms with Crippen molar-refractivity contribution in [2.24, 2.45) is 4.99 Å². The fraction of sp³-hybridized carbons (Fsp3) is 0.389. The van der Waals surface area contributed by atoms with Gasteiger partial charge in [0.2, 0.25) is 0 Å². The second-order valence-electron chi connectivity index (χ2n) is 5.23. The van der Waals surface area contributed by atoms with Gasteiger partial charge in [-0.15, -0.1) is 0 Å². The highest BCUT2D eigenvalue weighted by Crippen LogP contribution is 2.22. The maximum absolute atomic E-state index is 9.54. The first kappa shape index (κ1) is 15.4. The molecule has 0 saturated heterocycles. The average Bonchev–Trinajstić information content (AvgIpc) is 2.86. The lowest BCUT2D eigenvalue weighted by molar-refractivity contribution is 0.331. The van der Waals surface area contributed by atoms with E-state index in [2.05, 4.69) is 11.9 Å². The lowest BCUT2D eigenvalue weighted by Crippen LogP contribution is -1.89. The van der Waals surface area contributed by atoms with Crippen LogP contribution in [0.25, 0.3) is 0 Å². The molecule has 2 aromatic rings. The molecule has 112 valence electrons. The number of benzene rings is 1. The second-order valence-corrected chi connectivity index (χ2v) is 5.23. The molecule has 3 heteroatoms. The fourth-order valence-electron chi connectivity index (χ4n) is 2.30. The predicted octanol–water partition coefficient (Wildman–Crippen LogP) is 5.25. The minimum Gasteiger partial charge on any atom is -0.481 e. The van der Waals surface area contributed by atoms with E-state index in [9.17, 15) is 5.11 Å². The highest BCUT2D eigenvalue weighted by Gasteiger charge is 2.08. The topological polar surface area (TPSA) is 45.7 Å². The van der Waals surface area contributed by atoms with Crippen molar-refractivity contribution in [3.05, 3.63) is 47.7 Å². The lowest BCUT2D eigenvalue weighted by atomic mass is 10.1. The lowest BCUT2D eigenvalue weighted by Gasteiger charge is -1.99. The van der Waals surface area contributed by atoms with Crippen molar-refractivity contribution < 1.29 is 9.52 Å².